The number of benzene rings is 1. The lowest BCUT2D eigenvalue weighted by atomic mass is 9.79. The Kier molecular flexibility index (Phi) is 8.28. The number of hydrogen-bond acceptors (Lipinski definition) is 2. The average molecular weight is 415 g/mol. The molecule has 2 aliphatic heterocycles. The molecule has 1 aromatic carbocycles. The predicted octanol–water partition coefficient (Wildman–Crippen LogP) is 7.29. The first kappa shape index (κ1) is 23.1. The summed E-state index contributed by atoms with van der Waals surface area (Å²) in [5.74, 6) is 0.945. The first-order valence-corrected chi connectivity index (χ1v) is 11.8. The summed E-state index contributed by atoms with van der Waals surface area (Å²) in [4.78, 5) is 7.22. The van der Waals surface area contributed by atoms with Gasteiger partial charge in [0.2, 0.25) is 0 Å². The summed E-state index contributed by atoms with van der Waals surface area (Å²) in [6.07, 6.45) is 19.8. The van der Waals surface area contributed by atoms with E-state index in [0.717, 1.165) is 19.3 Å². The molecule has 1 aromatic rings. The van der Waals surface area contributed by atoms with Crippen molar-refractivity contribution in [2.75, 3.05) is 7.05 Å². The van der Waals surface area contributed by atoms with Crippen molar-refractivity contribution in [3.63, 3.8) is 0 Å². The van der Waals surface area contributed by atoms with Crippen molar-refractivity contribution in [1.29, 1.82) is 0 Å². The van der Waals surface area contributed by atoms with Crippen molar-refractivity contribution >= 4 is 6.21 Å². The molecule has 164 valence electrons. The van der Waals surface area contributed by atoms with Crippen molar-refractivity contribution in [3.8, 4) is 0 Å². The molecule has 3 atom stereocenters. The second-order valence-corrected chi connectivity index (χ2v) is 8.97. The number of hydrogen-bond donors (Lipinski definition) is 0. The molecule has 0 N–H and O–H groups in total. The molecule has 0 amide bonds. The number of aliphatic imine (C=N–C) groups is 1. The van der Waals surface area contributed by atoms with E-state index in [1.54, 1.807) is 0 Å². The van der Waals surface area contributed by atoms with Crippen LogP contribution in [0.15, 0.2) is 94.3 Å². The molecular weight excluding hydrogens is 376 g/mol. The molecule has 0 saturated carbocycles. The van der Waals surface area contributed by atoms with Crippen LogP contribution in [0.2, 0.25) is 0 Å². The molecule has 0 aliphatic carbocycles. The molecule has 0 radical (unpaired) electrons. The van der Waals surface area contributed by atoms with Crippen molar-refractivity contribution in [2.24, 2.45) is 16.8 Å². The number of rotatable bonds is 7. The minimum atomic E-state index is 0.370. The van der Waals surface area contributed by atoms with Crippen LogP contribution in [-0.4, -0.2) is 24.2 Å². The van der Waals surface area contributed by atoms with Crippen LogP contribution in [0.1, 0.15) is 52.5 Å². The minimum absolute atomic E-state index is 0.370. The summed E-state index contributed by atoms with van der Waals surface area (Å²) in [7, 11) is 2.14. The fraction of sp³-hybridized carbons (Fsp3) is 0.414. The highest BCUT2D eigenvalue weighted by atomic mass is 15.1. The van der Waals surface area contributed by atoms with Crippen molar-refractivity contribution in [1.82, 2.24) is 4.90 Å². The van der Waals surface area contributed by atoms with Crippen LogP contribution in [0, 0.1) is 11.8 Å². The summed E-state index contributed by atoms with van der Waals surface area (Å²) in [6.45, 7) is 9.22. The van der Waals surface area contributed by atoms with Crippen LogP contribution in [0.5, 0.6) is 0 Å². The van der Waals surface area contributed by atoms with Gasteiger partial charge in [-0.15, -0.1) is 0 Å². The van der Waals surface area contributed by atoms with Gasteiger partial charge in [-0.05, 0) is 73.8 Å². The Hall–Kier alpha value is -2.61. The normalized spacial score (nSPS) is 25.5. The Morgan fingerprint density at radius 3 is 2.61 bits per heavy atom. The molecule has 3 rings (SSSR count). The maximum Gasteiger partial charge on any atom is 0.0530 e. The Morgan fingerprint density at radius 1 is 1.13 bits per heavy atom. The van der Waals surface area contributed by atoms with Gasteiger partial charge in [-0.25, -0.2) is 0 Å². The third-order valence-corrected chi connectivity index (χ3v) is 6.82. The molecular formula is C29H38N2. The topological polar surface area (TPSA) is 15.6 Å². The highest BCUT2D eigenvalue weighted by Gasteiger charge is 2.28. The Bertz CT molecular complexity index is 911. The summed E-state index contributed by atoms with van der Waals surface area (Å²) in [5.41, 5.74) is 6.82. The quantitative estimate of drug-likeness (QED) is 0.457. The number of nitrogens with zero attached hydrogens (tertiary/aromatic N) is 2. The minimum Gasteiger partial charge on any atom is -0.351 e. The van der Waals surface area contributed by atoms with Crippen LogP contribution >= 0.6 is 0 Å². The molecule has 0 bridgehead atoms. The van der Waals surface area contributed by atoms with Gasteiger partial charge >= 0.3 is 0 Å². The molecule has 0 spiro atoms. The monoisotopic (exact) mass is 414 g/mol. The Morgan fingerprint density at radius 2 is 1.90 bits per heavy atom. The van der Waals surface area contributed by atoms with Crippen LogP contribution in [-0.2, 0) is 6.42 Å². The second kappa shape index (κ2) is 11.1. The molecule has 2 heteroatoms. The zero-order chi connectivity index (χ0) is 22.2. The summed E-state index contributed by atoms with van der Waals surface area (Å²) in [6, 6.07) is 11.2. The van der Waals surface area contributed by atoms with E-state index in [0.29, 0.717) is 17.9 Å². The SMILES string of the molecule is CCC(C)=CC(C1=CC=NC(CCCc2ccccc2)C(C)C1C)=C1C=CC=CN1C. The van der Waals surface area contributed by atoms with E-state index in [1.807, 2.05) is 0 Å². The van der Waals surface area contributed by atoms with Crippen molar-refractivity contribution in [3.05, 3.63) is 94.9 Å². The van der Waals surface area contributed by atoms with Crippen LogP contribution in [0.4, 0.5) is 0 Å². The third kappa shape index (κ3) is 5.97. The van der Waals surface area contributed by atoms with E-state index in [9.17, 15) is 0 Å². The van der Waals surface area contributed by atoms with E-state index < -0.39 is 0 Å². The molecule has 31 heavy (non-hydrogen) atoms. The largest absolute Gasteiger partial charge is 0.351 e. The fourth-order valence-electron chi connectivity index (χ4n) is 4.43. The Labute approximate surface area is 189 Å². The maximum absolute atomic E-state index is 4.99. The van der Waals surface area contributed by atoms with Crippen LogP contribution in [0.3, 0.4) is 0 Å². The lowest BCUT2D eigenvalue weighted by molar-refractivity contribution is 0.349. The second-order valence-electron chi connectivity index (χ2n) is 8.97. The van der Waals surface area contributed by atoms with Crippen molar-refractivity contribution in [2.45, 2.75) is 59.4 Å². The highest BCUT2D eigenvalue weighted by molar-refractivity contribution is 5.75. The molecule has 0 saturated heterocycles. The lowest BCUT2D eigenvalue weighted by Gasteiger charge is -2.30. The Balaban J connectivity index is 1.80. The van der Waals surface area contributed by atoms with Gasteiger partial charge in [0.25, 0.3) is 0 Å². The molecule has 2 aliphatic rings. The van der Waals surface area contributed by atoms with Gasteiger partial charge in [-0.1, -0.05) is 68.8 Å². The molecule has 2 nitrogen and oxygen atoms in total. The number of allylic oxidation sites excluding steroid dienone is 8. The fourth-order valence-corrected chi connectivity index (χ4v) is 4.43. The highest BCUT2D eigenvalue weighted by Crippen LogP contribution is 2.36. The van der Waals surface area contributed by atoms with Gasteiger partial charge in [-0.2, -0.15) is 0 Å². The zero-order valence-electron chi connectivity index (χ0n) is 19.9. The molecule has 3 unspecified atom stereocenters. The van der Waals surface area contributed by atoms with Gasteiger partial charge in [-0.3, -0.25) is 4.99 Å². The van der Waals surface area contributed by atoms with E-state index in [2.05, 4.69) is 113 Å². The van der Waals surface area contributed by atoms with E-state index in [4.69, 9.17) is 4.99 Å². The number of aryl methyl sites for hydroxylation is 1. The van der Waals surface area contributed by atoms with Crippen LogP contribution < -0.4 is 0 Å². The molecule has 0 aromatic heterocycles. The van der Waals surface area contributed by atoms with Gasteiger partial charge in [0.05, 0.1) is 6.04 Å². The predicted molar refractivity (Wildman–Crippen MR) is 135 cm³/mol. The third-order valence-electron chi connectivity index (χ3n) is 6.82. The van der Waals surface area contributed by atoms with Crippen molar-refractivity contribution < 1.29 is 0 Å². The summed E-state index contributed by atoms with van der Waals surface area (Å²) in [5, 5.41) is 0. The van der Waals surface area contributed by atoms with Gasteiger partial charge in [0.1, 0.15) is 0 Å². The van der Waals surface area contributed by atoms with Gasteiger partial charge in [0, 0.05) is 30.7 Å². The van der Waals surface area contributed by atoms with E-state index in [1.165, 1.54) is 34.4 Å². The van der Waals surface area contributed by atoms with E-state index >= 15 is 0 Å². The van der Waals surface area contributed by atoms with Gasteiger partial charge in [0.15, 0.2) is 0 Å². The zero-order valence-corrected chi connectivity index (χ0v) is 19.9. The average Bonchev–Trinajstić information content (AvgIpc) is 2.92. The smallest absolute Gasteiger partial charge is 0.0530 e. The first-order valence-electron chi connectivity index (χ1n) is 11.8. The molecule has 2 heterocycles. The van der Waals surface area contributed by atoms with Crippen LogP contribution in [0.25, 0.3) is 0 Å². The lowest BCUT2D eigenvalue weighted by Crippen LogP contribution is -2.24. The summed E-state index contributed by atoms with van der Waals surface area (Å²) >= 11 is 0. The van der Waals surface area contributed by atoms with Gasteiger partial charge < -0.3 is 4.90 Å². The standard InChI is InChI=1S/C29H38N2/c1-6-22(2)21-27(29-17-10-11-20-31(29)5)26-18-19-30-28(24(4)23(26)3)16-12-15-25-13-8-7-9-14-25/h7-11,13-14,17-21,23-24,28H,6,12,15-16H2,1-5H3. The maximum atomic E-state index is 4.99. The first-order chi connectivity index (χ1) is 15.0. The molecule has 0 fully saturated rings. The summed E-state index contributed by atoms with van der Waals surface area (Å²) < 4.78 is 0. The number of likely N-dealkylation sites (N-methyl/N-ethyl adjacent to an activating group) is 1. The van der Waals surface area contributed by atoms with E-state index in [-0.39, 0.29) is 0 Å².